The molecule has 1 aromatic heterocycles. The van der Waals surface area contributed by atoms with Crippen molar-refractivity contribution in [2.24, 2.45) is 0 Å². The standard InChI is InChI=1S/C18H17ClO6/c1-8-4-14-15(25-14)6-10-3-2-9(24-10)5-11-16(18(22)23-8)12(20)7-13(21)17(11)19/h2-3,7-8,14-15,20-21H,4-6H2,1H3/t8-,14-,15-/m0/s1. The number of rotatable bonds is 0. The molecule has 0 spiro atoms. The van der Waals surface area contributed by atoms with Crippen molar-refractivity contribution in [3.8, 4) is 11.5 Å². The number of carbonyl (C=O) groups is 1. The van der Waals surface area contributed by atoms with Gasteiger partial charge in [-0.1, -0.05) is 11.6 Å². The van der Waals surface area contributed by atoms with E-state index in [4.69, 9.17) is 25.5 Å². The van der Waals surface area contributed by atoms with E-state index >= 15 is 0 Å². The molecule has 1 saturated heterocycles. The maximum Gasteiger partial charge on any atom is 0.342 e. The number of epoxide rings is 1. The number of phenolic OH excluding ortho intramolecular Hbond substituents is 2. The molecule has 2 bridgehead atoms. The van der Waals surface area contributed by atoms with Crippen molar-refractivity contribution in [3.63, 3.8) is 0 Å². The Morgan fingerprint density at radius 2 is 1.92 bits per heavy atom. The summed E-state index contributed by atoms with van der Waals surface area (Å²) in [5.41, 5.74) is 0.220. The molecule has 1 aromatic carbocycles. The van der Waals surface area contributed by atoms with Gasteiger partial charge in [-0.15, -0.1) is 0 Å². The lowest BCUT2D eigenvalue weighted by Crippen LogP contribution is -2.19. The third-order valence-corrected chi connectivity index (χ3v) is 4.98. The summed E-state index contributed by atoms with van der Waals surface area (Å²) >= 11 is 6.19. The van der Waals surface area contributed by atoms with Crippen molar-refractivity contribution in [1.82, 2.24) is 0 Å². The van der Waals surface area contributed by atoms with Gasteiger partial charge >= 0.3 is 5.97 Å². The number of hydrogen-bond acceptors (Lipinski definition) is 6. The zero-order valence-electron chi connectivity index (χ0n) is 13.5. The second-order valence-electron chi connectivity index (χ2n) is 6.50. The highest BCUT2D eigenvalue weighted by Crippen LogP contribution is 2.39. The Hall–Kier alpha value is -2.18. The highest BCUT2D eigenvalue weighted by molar-refractivity contribution is 6.33. The van der Waals surface area contributed by atoms with E-state index in [2.05, 4.69) is 0 Å². The molecule has 4 rings (SSSR count). The third kappa shape index (κ3) is 3.07. The van der Waals surface area contributed by atoms with E-state index in [-0.39, 0.29) is 52.4 Å². The second-order valence-corrected chi connectivity index (χ2v) is 6.87. The summed E-state index contributed by atoms with van der Waals surface area (Å²) in [5.74, 6) is -0.0185. The molecule has 0 radical (unpaired) electrons. The van der Waals surface area contributed by atoms with Crippen LogP contribution in [0.5, 0.6) is 11.5 Å². The first-order valence-corrected chi connectivity index (χ1v) is 8.47. The predicted octanol–water partition coefficient (Wildman–Crippen LogP) is 3.19. The van der Waals surface area contributed by atoms with Gasteiger partial charge in [0.05, 0.1) is 17.2 Å². The van der Waals surface area contributed by atoms with Gasteiger partial charge in [0.25, 0.3) is 0 Å². The first-order valence-electron chi connectivity index (χ1n) is 8.09. The van der Waals surface area contributed by atoms with Gasteiger partial charge in [-0.3, -0.25) is 0 Å². The Morgan fingerprint density at radius 3 is 2.72 bits per heavy atom. The predicted molar refractivity (Wildman–Crippen MR) is 88.2 cm³/mol. The molecule has 1 fully saturated rings. The first-order chi connectivity index (χ1) is 11.9. The maximum atomic E-state index is 12.6. The fraction of sp³-hybridized carbons (Fsp3) is 0.389. The van der Waals surface area contributed by atoms with Crippen molar-refractivity contribution in [2.75, 3.05) is 0 Å². The van der Waals surface area contributed by atoms with Crippen LogP contribution < -0.4 is 0 Å². The van der Waals surface area contributed by atoms with Crippen LogP contribution >= 0.6 is 11.6 Å². The van der Waals surface area contributed by atoms with Crippen LogP contribution in [-0.4, -0.2) is 34.5 Å². The van der Waals surface area contributed by atoms with Crippen molar-refractivity contribution >= 4 is 17.6 Å². The second kappa shape index (κ2) is 5.97. The van der Waals surface area contributed by atoms with Crippen molar-refractivity contribution in [2.45, 2.75) is 44.5 Å². The van der Waals surface area contributed by atoms with Crippen molar-refractivity contribution in [1.29, 1.82) is 0 Å². The number of benzene rings is 1. The zero-order chi connectivity index (χ0) is 17.7. The summed E-state index contributed by atoms with van der Waals surface area (Å²) in [4.78, 5) is 12.6. The molecular formula is C18H17ClO6. The number of aromatic hydroxyl groups is 2. The molecule has 2 aliphatic heterocycles. The molecule has 6 nitrogen and oxygen atoms in total. The Balaban J connectivity index is 1.80. The van der Waals surface area contributed by atoms with E-state index in [9.17, 15) is 15.0 Å². The number of cyclic esters (lactones) is 1. The quantitative estimate of drug-likeness (QED) is 0.551. The lowest BCUT2D eigenvalue weighted by molar-refractivity contribution is 0.0305. The molecular weight excluding hydrogens is 348 g/mol. The van der Waals surface area contributed by atoms with Crippen LogP contribution in [-0.2, 0) is 22.3 Å². The summed E-state index contributed by atoms with van der Waals surface area (Å²) < 4.78 is 16.9. The number of phenols is 2. The van der Waals surface area contributed by atoms with Gasteiger partial charge in [-0.2, -0.15) is 0 Å². The molecule has 0 unspecified atom stereocenters. The fourth-order valence-corrected chi connectivity index (χ4v) is 3.48. The fourth-order valence-electron chi connectivity index (χ4n) is 3.26. The number of fused-ring (bicyclic) bond motifs is 4. The lowest BCUT2D eigenvalue weighted by Gasteiger charge is -2.16. The van der Waals surface area contributed by atoms with Crippen LogP contribution in [0.3, 0.4) is 0 Å². The largest absolute Gasteiger partial charge is 0.507 e. The number of furan rings is 1. The number of hydrogen-bond donors (Lipinski definition) is 2. The van der Waals surface area contributed by atoms with Gasteiger partial charge in [0.1, 0.15) is 34.7 Å². The SMILES string of the molecule is C[C@H]1C[C@@H]2O[C@H]2Cc2ccc(o2)Cc2c(Cl)c(O)cc(O)c2C(=O)O1. The molecule has 7 heteroatoms. The van der Waals surface area contributed by atoms with E-state index in [1.807, 2.05) is 6.07 Å². The Labute approximate surface area is 148 Å². The van der Waals surface area contributed by atoms with Crippen LogP contribution in [0.15, 0.2) is 22.6 Å². The number of esters is 1. The average Bonchev–Trinajstić information content (AvgIpc) is 3.08. The number of carbonyl (C=O) groups excluding carboxylic acids is 1. The lowest BCUT2D eigenvalue weighted by atomic mass is 10.0. The number of halogens is 1. The van der Waals surface area contributed by atoms with Crippen molar-refractivity contribution < 1.29 is 28.9 Å². The minimum Gasteiger partial charge on any atom is -0.507 e. The minimum atomic E-state index is -0.690. The summed E-state index contributed by atoms with van der Waals surface area (Å²) in [6.07, 6.45) is 1.06. The van der Waals surface area contributed by atoms with Crippen LogP contribution in [0.1, 0.15) is 40.8 Å². The van der Waals surface area contributed by atoms with E-state index in [1.165, 1.54) is 0 Å². The first kappa shape index (κ1) is 16.3. The monoisotopic (exact) mass is 364 g/mol. The van der Waals surface area contributed by atoms with Gasteiger partial charge in [-0.05, 0) is 19.1 Å². The Bertz CT molecular complexity index is 842. The van der Waals surface area contributed by atoms with Crippen LogP contribution in [0.4, 0.5) is 0 Å². The summed E-state index contributed by atoms with van der Waals surface area (Å²) in [7, 11) is 0. The van der Waals surface area contributed by atoms with E-state index < -0.39 is 5.97 Å². The molecule has 3 heterocycles. The maximum absolute atomic E-state index is 12.6. The summed E-state index contributed by atoms with van der Waals surface area (Å²) in [6.45, 7) is 1.78. The topological polar surface area (TPSA) is 92.4 Å². The van der Waals surface area contributed by atoms with Gasteiger partial charge in [0.2, 0.25) is 0 Å². The molecule has 132 valence electrons. The molecule has 2 aliphatic rings. The molecule has 0 aliphatic carbocycles. The highest BCUT2D eigenvalue weighted by atomic mass is 35.5. The van der Waals surface area contributed by atoms with Gasteiger partial charge in [-0.25, -0.2) is 4.79 Å². The van der Waals surface area contributed by atoms with E-state index in [0.29, 0.717) is 18.6 Å². The van der Waals surface area contributed by atoms with Crippen molar-refractivity contribution in [3.05, 3.63) is 45.9 Å². The number of ether oxygens (including phenoxy) is 2. The normalized spacial score (nSPS) is 25.7. The highest BCUT2D eigenvalue weighted by Gasteiger charge is 2.41. The minimum absolute atomic E-state index is 0.00333. The molecule has 2 N–H and O–H groups in total. The molecule has 2 aromatic rings. The molecule has 0 amide bonds. The Kier molecular flexibility index (Phi) is 3.89. The van der Waals surface area contributed by atoms with Crippen LogP contribution in [0.25, 0.3) is 0 Å². The molecule has 3 atom stereocenters. The summed E-state index contributed by atoms with van der Waals surface area (Å²) in [5, 5.41) is 20.1. The van der Waals surface area contributed by atoms with Crippen LogP contribution in [0.2, 0.25) is 5.02 Å². The van der Waals surface area contributed by atoms with Gasteiger partial charge < -0.3 is 24.1 Å². The zero-order valence-corrected chi connectivity index (χ0v) is 14.2. The van der Waals surface area contributed by atoms with Crippen LogP contribution in [0, 0.1) is 0 Å². The smallest absolute Gasteiger partial charge is 0.342 e. The summed E-state index contributed by atoms with van der Waals surface area (Å²) in [6, 6.07) is 4.68. The molecule has 0 saturated carbocycles. The van der Waals surface area contributed by atoms with Gasteiger partial charge in [0.15, 0.2) is 0 Å². The van der Waals surface area contributed by atoms with E-state index in [1.54, 1.807) is 13.0 Å². The van der Waals surface area contributed by atoms with Gasteiger partial charge in [0, 0.05) is 30.9 Å². The molecule has 25 heavy (non-hydrogen) atoms. The average molecular weight is 365 g/mol. The third-order valence-electron chi connectivity index (χ3n) is 4.56. The Morgan fingerprint density at radius 1 is 1.16 bits per heavy atom. The van der Waals surface area contributed by atoms with E-state index in [0.717, 1.165) is 11.8 Å².